The maximum atomic E-state index is 13.7. The van der Waals surface area contributed by atoms with Gasteiger partial charge in [0.2, 0.25) is 17.8 Å². The number of nitrogens with two attached hydrogens (primary N) is 2. The van der Waals surface area contributed by atoms with Gasteiger partial charge in [-0.2, -0.15) is 15.0 Å². The van der Waals surface area contributed by atoms with Gasteiger partial charge < -0.3 is 26.2 Å². The van der Waals surface area contributed by atoms with Gasteiger partial charge in [0.05, 0.1) is 13.1 Å². The predicted molar refractivity (Wildman–Crippen MR) is 103 cm³/mol. The molecule has 0 saturated carbocycles. The van der Waals surface area contributed by atoms with E-state index in [-0.39, 0.29) is 43.8 Å². The number of alkyl halides is 4. The van der Waals surface area contributed by atoms with E-state index in [1.54, 1.807) is 0 Å². The van der Waals surface area contributed by atoms with Gasteiger partial charge in [0.15, 0.2) is 0 Å². The first-order chi connectivity index (χ1) is 13.7. The molecular formula is C17H28F4N8. The molecule has 4 N–H and O–H groups in total. The lowest BCUT2D eigenvalue weighted by molar-refractivity contribution is 0.0250. The van der Waals surface area contributed by atoms with Crippen molar-refractivity contribution in [2.75, 3.05) is 67.1 Å². The van der Waals surface area contributed by atoms with Crippen LogP contribution in [0.4, 0.5) is 35.4 Å². The zero-order valence-corrected chi connectivity index (χ0v) is 16.3. The standard InChI is InChI=1S/C17H28F4N8/c18-16(19)3-9-28(11-16)14-24-13(27(7-1-5-22)8-2-6-23)25-15(26-14)29-10-4-17(20,21)12-29/h1-12,22-23H2. The summed E-state index contributed by atoms with van der Waals surface area (Å²) in [5.74, 6) is -5.21. The van der Waals surface area contributed by atoms with Crippen molar-refractivity contribution in [2.45, 2.75) is 37.5 Å². The Morgan fingerprint density at radius 1 is 0.793 bits per heavy atom. The lowest BCUT2D eigenvalue weighted by Crippen LogP contribution is -2.34. The van der Waals surface area contributed by atoms with Crippen LogP contribution in [0.3, 0.4) is 0 Å². The Bertz CT molecular complexity index is 637. The number of halogens is 4. The Kier molecular flexibility index (Phi) is 6.62. The summed E-state index contributed by atoms with van der Waals surface area (Å²) in [5, 5.41) is 0. The Labute approximate surface area is 167 Å². The van der Waals surface area contributed by atoms with Crippen LogP contribution in [-0.2, 0) is 0 Å². The molecule has 2 saturated heterocycles. The van der Waals surface area contributed by atoms with Crippen molar-refractivity contribution >= 4 is 17.8 Å². The van der Waals surface area contributed by atoms with Gasteiger partial charge >= 0.3 is 0 Å². The minimum atomic E-state index is -2.83. The lowest BCUT2D eigenvalue weighted by Gasteiger charge is -2.26. The van der Waals surface area contributed by atoms with E-state index in [2.05, 4.69) is 15.0 Å². The van der Waals surface area contributed by atoms with Crippen molar-refractivity contribution in [1.82, 2.24) is 15.0 Å². The summed E-state index contributed by atoms with van der Waals surface area (Å²) in [6.45, 7) is 1.20. The molecule has 2 fully saturated rings. The van der Waals surface area contributed by atoms with Gasteiger partial charge in [-0.05, 0) is 25.9 Å². The molecule has 0 amide bonds. The molecule has 1 aromatic rings. The van der Waals surface area contributed by atoms with E-state index in [1.165, 1.54) is 9.80 Å². The Morgan fingerprint density at radius 3 is 1.59 bits per heavy atom. The quantitative estimate of drug-likeness (QED) is 0.572. The fourth-order valence-corrected chi connectivity index (χ4v) is 3.46. The molecule has 1 aromatic heterocycles. The highest BCUT2D eigenvalue weighted by atomic mass is 19.3. The van der Waals surface area contributed by atoms with Gasteiger partial charge in [0.25, 0.3) is 11.8 Å². The van der Waals surface area contributed by atoms with Crippen LogP contribution < -0.4 is 26.2 Å². The fraction of sp³-hybridized carbons (Fsp3) is 0.824. The van der Waals surface area contributed by atoms with Crippen molar-refractivity contribution in [3.05, 3.63) is 0 Å². The van der Waals surface area contributed by atoms with Gasteiger partial charge in [-0.25, -0.2) is 17.6 Å². The van der Waals surface area contributed by atoms with Crippen LogP contribution in [0.25, 0.3) is 0 Å². The van der Waals surface area contributed by atoms with Crippen molar-refractivity contribution in [1.29, 1.82) is 0 Å². The Hall–Kier alpha value is -1.95. The SMILES string of the molecule is NCCCN(CCCN)c1nc(N2CCC(F)(F)C2)nc(N2CCC(F)(F)C2)n1. The smallest absolute Gasteiger partial charge is 0.267 e. The third-order valence-corrected chi connectivity index (χ3v) is 5.05. The highest BCUT2D eigenvalue weighted by molar-refractivity contribution is 5.48. The second kappa shape index (κ2) is 8.82. The van der Waals surface area contributed by atoms with Crippen molar-refractivity contribution in [3.8, 4) is 0 Å². The summed E-state index contributed by atoms with van der Waals surface area (Å²) in [4.78, 5) is 17.7. The normalized spacial score (nSPS) is 20.5. The molecule has 0 atom stereocenters. The van der Waals surface area contributed by atoms with Crippen LogP contribution >= 0.6 is 0 Å². The molecule has 2 aliphatic rings. The number of anilines is 3. The lowest BCUT2D eigenvalue weighted by atomic mass is 10.3. The molecule has 3 rings (SSSR count). The van der Waals surface area contributed by atoms with E-state index in [0.717, 1.165) is 0 Å². The predicted octanol–water partition coefficient (Wildman–Crippen LogP) is 1.07. The van der Waals surface area contributed by atoms with E-state index >= 15 is 0 Å². The Morgan fingerprint density at radius 2 is 1.24 bits per heavy atom. The maximum absolute atomic E-state index is 13.7. The second-order valence-corrected chi connectivity index (χ2v) is 7.56. The van der Waals surface area contributed by atoms with Gasteiger partial charge in [0.1, 0.15) is 0 Å². The molecule has 164 valence electrons. The Balaban J connectivity index is 1.93. The summed E-state index contributed by atoms with van der Waals surface area (Å²) in [5.41, 5.74) is 11.2. The van der Waals surface area contributed by atoms with E-state index in [0.29, 0.717) is 39.0 Å². The summed E-state index contributed by atoms with van der Waals surface area (Å²) in [7, 11) is 0. The molecule has 29 heavy (non-hydrogen) atoms. The zero-order valence-electron chi connectivity index (χ0n) is 16.3. The van der Waals surface area contributed by atoms with Crippen molar-refractivity contribution in [3.63, 3.8) is 0 Å². The topological polar surface area (TPSA) is 100 Å². The first-order valence-electron chi connectivity index (χ1n) is 9.90. The van der Waals surface area contributed by atoms with E-state index in [1.807, 2.05) is 4.90 Å². The molecule has 8 nitrogen and oxygen atoms in total. The second-order valence-electron chi connectivity index (χ2n) is 7.56. The summed E-state index contributed by atoms with van der Waals surface area (Å²) in [6.07, 6.45) is 0.749. The van der Waals surface area contributed by atoms with Crippen LogP contribution in [0, 0.1) is 0 Å². The average molecular weight is 420 g/mol. The highest BCUT2D eigenvalue weighted by Crippen LogP contribution is 2.33. The molecule has 0 aromatic carbocycles. The fourth-order valence-electron chi connectivity index (χ4n) is 3.46. The van der Waals surface area contributed by atoms with Crippen LogP contribution in [0.15, 0.2) is 0 Å². The minimum absolute atomic E-state index is 0.0860. The molecule has 2 aliphatic heterocycles. The number of hydrogen-bond donors (Lipinski definition) is 2. The summed E-state index contributed by atoms with van der Waals surface area (Å²) < 4.78 is 54.9. The molecule has 0 spiro atoms. The van der Waals surface area contributed by atoms with E-state index < -0.39 is 24.9 Å². The number of aromatic nitrogens is 3. The van der Waals surface area contributed by atoms with Crippen LogP contribution in [-0.4, -0.2) is 79.2 Å². The molecule has 0 radical (unpaired) electrons. The van der Waals surface area contributed by atoms with Crippen molar-refractivity contribution in [2.24, 2.45) is 11.5 Å². The number of rotatable bonds is 9. The monoisotopic (exact) mass is 420 g/mol. The van der Waals surface area contributed by atoms with Gasteiger partial charge in [-0.1, -0.05) is 0 Å². The molecular weight excluding hydrogens is 392 g/mol. The van der Waals surface area contributed by atoms with Gasteiger partial charge in [0, 0.05) is 39.0 Å². The highest BCUT2D eigenvalue weighted by Gasteiger charge is 2.42. The minimum Gasteiger partial charge on any atom is -0.341 e. The average Bonchev–Trinajstić information content (AvgIpc) is 3.23. The molecule has 0 bridgehead atoms. The van der Waals surface area contributed by atoms with Crippen LogP contribution in [0.2, 0.25) is 0 Å². The molecule has 0 aliphatic carbocycles. The third kappa shape index (κ3) is 5.56. The zero-order chi connectivity index (χ0) is 21.1. The largest absolute Gasteiger partial charge is 0.341 e. The first kappa shape index (κ1) is 21.8. The first-order valence-corrected chi connectivity index (χ1v) is 9.90. The van der Waals surface area contributed by atoms with E-state index in [4.69, 9.17) is 11.5 Å². The molecule has 3 heterocycles. The van der Waals surface area contributed by atoms with Crippen LogP contribution in [0.5, 0.6) is 0 Å². The third-order valence-electron chi connectivity index (χ3n) is 5.05. The molecule has 12 heteroatoms. The number of hydrogen-bond acceptors (Lipinski definition) is 8. The molecule has 0 unspecified atom stereocenters. The maximum Gasteiger partial charge on any atom is 0.267 e. The van der Waals surface area contributed by atoms with Crippen LogP contribution in [0.1, 0.15) is 25.7 Å². The van der Waals surface area contributed by atoms with Crippen molar-refractivity contribution < 1.29 is 17.6 Å². The summed E-state index contributed by atoms with van der Waals surface area (Å²) >= 11 is 0. The van der Waals surface area contributed by atoms with Gasteiger partial charge in [-0.3, -0.25) is 0 Å². The van der Waals surface area contributed by atoms with E-state index in [9.17, 15) is 17.6 Å². The number of nitrogens with zero attached hydrogens (tertiary/aromatic N) is 6. The van der Waals surface area contributed by atoms with Gasteiger partial charge in [-0.15, -0.1) is 0 Å². The summed E-state index contributed by atoms with van der Waals surface area (Å²) in [6, 6.07) is 0.